The van der Waals surface area contributed by atoms with Crippen molar-refractivity contribution in [1.82, 2.24) is 0 Å². The average Bonchev–Trinajstić information content (AvgIpc) is 2.34. The second kappa shape index (κ2) is 6.31. The Hall–Kier alpha value is -2.20. The predicted molar refractivity (Wildman–Crippen MR) is 57.9 cm³/mol. The van der Waals surface area contributed by atoms with Gasteiger partial charge in [0, 0.05) is 10.5 Å². The molecule has 6 nitrogen and oxygen atoms in total. The fraction of sp³-hybridized carbons (Fsp3) is 0.300. The fourth-order valence-electron chi connectivity index (χ4n) is 1.12. The summed E-state index contributed by atoms with van der Waals surface area (Å²) in [5.41, 5.74) is 8.58. The Bertz CT molecular complexity index is 414. The minimum Gasteiger partial charge on any atom is -0.493 e. The van der Waals surface area contributed by atoms with Gasteiger partial charge in [0.05, 0.1) is 20.3 Å². The fourth-order valence-corrected chi connectivity index (χ4v) is 1.12. The second-order valence-corrected chi connectivity index (χ2v) is 2.83. The number of aldehydes is 1. The van der Waals surface area contributed by atoms with E-state index in [-0.39, 0.29) is 13.2 Å². The van der Waals surface area contributed by atoms with E-state index in [1.165, 1.54) is 7.11 Å². The number of nitrogens with zero attached hydrogens (tertiary/aromatic N) is 3. The Labute approximate surface area is 92.4 Å². The van der Waals surface area contributed by atoms with Crippen LogP contribution in [0.4, 0.5) is 0 Å². The average molecular weight is 221 g/mol. The van der Waals surface area contributed by atoms with Crippen molar-refractivity contribution in [2.24, 2.45) is 5.11 Å². The molecule has 0 amide bonds. The van der Waals surface area contributed by atoms with Crippen LogP contribution in [-0.4, -0.2) is 26.5 Å². The van der Waals surface area contributed by atoms with Crippen LogP contribution in [0.25, 0.3) is 10.4 Å². The van der Waals surface area contributed by atoms with E-state index < -0.39 is 0 Å². The van der Waals surface area contributed by atoms with E-state index in [0.29, 0.717) is 17.1 Å². The van der Waals surface area contributed by atoms with Gasteiger partial charge in [0.2, 0.25) is 0 Å². The first-order valence-corrected chi connectivity index (χ1v) is 4.58. The van der Waals surface area contributed by atoms with Gasteiger partial charge in [-0.15, -0.1) is 0 Å². The van der Waals surface area contributed by atoms with Crippen molar-refractivity contribution in [1.29, 1.82) is 0 Å². The van der Waals surface area contributed by atoms with Crippen molar-refractivity contribution in [2.75, 3.05) is 20.3 Å². The van der Waals surface area contributed by atoms with E-state index in [1.807, 2.05) is 0 Å². The van der Waals surface area contributed by atoms with Crippen LogP contribution in [0.5, 0.6) is 11.5 Å². The number of carbonyl (C=O) groups is 1. The summed E-state index contributed by atoms with van der Waals surface area (Å²) >= 11 is 0. The zero-order chi connectivity index (χ0) is 11.8. The molecular formula is C10H11N3O3. The third kappa shape index (κ3) is 3.18. The third-order valence-electron chi connectivity index (χ3n) is 1.84. The van der Waals surface area contributed by atoms with Crippen molar-refractivity contribution < 1.29 is 14.3 Å². The second-order valence-electron chi connectivity index (χ2n) is 2.83. The van der Waals surface area contributed by atoms with E-state index in [2.05, 4.69) is 10.0 Å². The standard InChI is InChI=1S/C10H11N3O3/c1-15-10-6-8(7-14)2-3-9(10)16-5-4-12-13-11/h2-3,6-7H,4-5H2,1H3. The molecule has 1 rings (SSSR count). The number of azide groups is 1. The summed E-state index contributed by atoms with van der Waals surface area (Å²) in [7, 11) is 1.49. The monoisotopic (exact) mass is 221 g/mol. The third-order valence-corrected chi connectivity index (χ3v) is 1.84. The summed E-state index contributed by atoms with van der Waals surface area (Å²) in [5, 5.41) is 3.33. The predicted octanol–water partition coefficient (Wildman–Crippen LogP) is 2.20. The number of methoxy groups -OCH3 is 1. The summed E-state index contributed by atoms with van der Waals surface area (Å²) in [4.78, 5) is 13.1. The zero-order valence-corrected chi connectivity index (χ0v) is 8.79. The normalized spacial score (nSPS) is 9.06. The molecular weight excluding hydrogens is 210 g/mol. The number of carbonyl (C=O) groups excluding carboxylic acids is 1. The Kier molecular flexibility index (Phi) is 4.69. The van der Waals surface area contributed by atoms with Crippen molar-refractivity contribution in [3.63, 3.8) is 0 Å². The first-order valence-electron chi connectivity index (χ1n) is 4.58. The van der Waals surface area contributed by atoms with Crippen LogP contribution in [0, 0.1) is 0 Å². The van der Waals surface area contributed by atoms with Gasteiger partial charge in [0.25, 0.3) is 0 Å². The van der Waals surface area contributed by atoms with Crippen LogP contribution < -0.4 is 9.47 Å². The lowest BCUT2D eigenvalue weighted by atomic mass is 10.2. The molecule has 6 heteroatoms. The number of benzene rings is 1. The largest absolute Gasteiger partial charge is 0.493 e. The van der Waals surface area contributed by atoms with Crippen LogP contribution in [0.2, 0.25) is 0 Å². The minimum atomic E-state index is 0.245. The molecule has 0 N–H and O–H groups in total. The van der Waals surface area contributed by atoms with E-state index in [1.54, 1.807) is 18.2 Å². The molecule has 1 aromatic rings. The lowest BCUT2D eigenvalue weighted by Crippen LogP contribution is -2.02. The van der Waals surface area contributed by atoms with E-state index in [9.17, 15) is 4.79 Å². The molecule has 84 valence electrons. The van der Waals surface area contributed by atoms with Gasteiger partial charge in [-0.25, -0.2) is 0 Å². The Morgan fingerprint density at radius 2 is 2.31 bits per heavy atom. The van der Waals surface area contributed by atoms with Gasteiger partial charge in [-0.05, 0) is 23.7 Å². The van der Waals surface area contributed by atoms with Gasteiger partial charge in [0.1, 0.15) is 6.29 Å². The number of hydrogen-bond acceptors (Lipinski definition) is 4. The van der Waals surface area contributed by atoms with Crippen LogP contribution in [0.3, 0.4) is 0 Å². The first kappa shape index (κ1) is 11.9. The molecule has 0 radical (unpaired) electrons. The topological polar surface area (TPSA) is 84.3 Å². The maximum absolute atomic E-state index is 10.5. The van der Waals surface area contributed by atoms with Crippen molar-refractivity contribution in [2.45, 2.75) is 0 Å². The van der Waals surface area contributed by atoms with Gasteiger partial charge in [-0.1, -0.05) is 5.11 Å². The molecule has 0 spiro atoms. The van der Waals surface area contributed by atoms with Gasteiger partial charge in [-0.2, -0.15) is 0 Å². The maximum Gasteiger partial charge on any atom is 0.161 e. The summed E-state index contributed by atoms with van der Waals surface area (Å²) in [5.74, 6) is 0.992. The Morgan fingerprint density at radius 3 is 2.94 bits per heavy atom. The lowest BCUT2D eigenvalue weighted by molar-refractivity contribution is 0.112. The molecule has 0 aromatic heterocycles. The summed E-state index contributed by atoms with van der Waals surface area (Å²) in [6.45, 7) is 0.510. The quantitative estimate of drug-likeness (QED) is 0.242. The van der Waals surface area contributed by atoms with Crippen LogP contribution in [0.1, 0.15) is 10.4 Å². The van der Waals surface area contributed by atoms with Gasteiger partial charge in [-0.3, -0.25) is 4.79 Å². The van der Waals surface area contributed by atoms with Crippen molar-refractivity contribution >= 4 is 6.29 Å². The first-order chi connectivity index (χ1) is 7.81. The van der Waals surface area contributed by atoms with E-state index in [4.69, 9.17) is 15.0 Å². The number of rotatable bonds is 6. The number of ether oxygens (including phenoxy) is 2. The molecule has 1 aromatic carbocycles. The highest BCUT2D eigenvalue weighted by Crippen LogP contribution is 2.27. The number of hydrogen-bond donors (Lipinski definition) is 0. The molecule has 0 aliphatic heterocycles. The highest BCUT2D eigenvalue weighted by atomic mass is 16.5. The molecule has 0 unspecified atom stereocenters. The summed E-state index contributed by atoms with van der Waals surface area (Å²) in [6.07, 6.45) is 0.728. The maximum atomic E-state index is 10.5. The van der Waals surface area contributed by atoms with Crippen LogP contribution in [-0.2, 0) is 0 Å². The van der Waals surface area contributed by atoms with Crippen LogP contribution >= 0.6 is 0 Å². The highest BCUT2D eigenvalue weighted by molar-refractivity contribution is 5.76. The molecule has 0 aliphatic carbocycles. The van der Waals surface area contributed by atoms with E-state index in [0.717, 1.165) is 6.29 Å². The summed E-state index contributed by atoms with van der Waals surface area (Å²) in [6, 6.07) is 4.84. The molecule has 0 bridgehead atoms. The molecule has 0 heterocycles. The summed E-state index contributed by atoms with van der Waals surface area (Å²) < 4.78 is 10.4. The van der Waals surface area contributed by atoms with Crippen molar-refractivity contribution in [3.8, 4) is 11.5 Å². The minimum absolute atomic E-state index is 0.245. The SMILES string of the molecule is COc1cc(C=O)ccc1OCCN=[N+]=[N-]. The Balaban J connectivity index is 2.71. The van der Waals surface area contributed by atoms with Gasteiger partial charge in [0.15, 0.2) is 11.5 Å². The molecule has 0 aliphatic rings. The van der Waals surface area contributed by atoms with Crippen molar-refractivity contribution in [3.05, 3.63) is 34.2 Å². The molecule has 0 saturated heterocycles. The Morgan fingerprint density at radius 1 is 1.50 bits per heavy atom. The zero-order valence-electron chi connectivity index (χ0n) is 8.79. The van der Waals surface area contributed by atoms with Gasteiger partial charge < -0.3 is 9.47 Å². The molecule has 0 saturated carbocycles. The smallest absolute Gasteiger partial charge is 0.161 e. The van der Waals surface area contributed by atoms with Crippen LogP contribution in [0.15, 0.2) is 23.3 Å². The molecule has 16 heavy (non-hydrogen) atoms. The highest BCUT2D eigenvalue weighted by Gasteiger charge is 2.04. The van der Waals surface area contributed by atoms with Gasteiger partial charge >= 0.3 is 0 Å². The molecule has 0 atom stereocenters. The molecule has 0 fully saturated rings. The lowest BCUT2D eigenvalue weighted by Gasteiger charge is -2.09. The van der Waals surface area contributed by atoms with E-state index >= 15 is 0 Å².